The Morgan fingerprint density at radius 2 is 1.74 bits per heavy atom. The molecule has 2 aromatic carbocycles. The van der Waals surface area contributed by atoms with Crippen LogP contribution in [0, 0.1) is 17.8 Å². The molecular weight excluding hydrogens is 612 g/mol. The molecule has 3 rings (SSSR count). The first kappa shape index (κ1) is 36.6. The van der Waals surface area contributed by atoms with Crippen LogP contribution in [0.2, 0.25) is 5.02 Å². The summed E-state index contributed by atoms with van der Waals surface area (Å²) < 4.78 is 16.6. The molecule has 0 spiro atoms. The van der Waals surface area contributed by atoms with E-state index in [1.54, 1.807) is 25.1 Å². The third-order valence-electron chi connectivity index (χ3n) is 7.70. The van der Waals surface area contributed by atoms with Crippen LogP contribution in [0.3, 0.4) is 0 Å². The van der Waals surface area contributed by atoms with Crippen LogP contribution in [0.4, 0.5) is 0 Å². The molecule has 1 fully saturated rings. The molecule has 1 saturated heterocycles. The van der Waals surface area contributed by atoms with E-state index in [0.717, 1.165) is 5.56 Å². The van der Waals surface area contributed by atoms with Gasteiger partial charge in [0.05, 0.1) is 30.6 Å². The van der Waals surface area contributed by atoms with Crippen LogP contribution < -0.4 is 15.4 Å². The standard InChI is InChI=1S/C35H45ClN2O8/c1-21(2)15-31-35(43)45-26(18-29(39)22(3)11-12-24-9-7-6-8-10-24)19-32(40)38-28(33(41)37-20-23(4)34(42)46-31)17-25-13-14-30(44-5)27(36)16-25/h6-14,16,21-23,26,28-29,31,39H,15,17-20H2,1-5H3,(H,37,41)(H,38,40)/t22-,23-,26-,28-,29+,31+/m1/s1. The Kier molecular flexibility index (Phi) is 14.1. The first-order valence-electron chi connectivity index (χ1n) is 15.6. The number of aliphatic hydroxyl groups is 1. The van der Waals surface area contributed by atoms with Gasteiger partial charge in [0, 0.05) is 25.3 Å². The van der Waals surface area contributed by atoms with E-state index in [1.165, 1.54) is 7.11 Å². The molecule has 1 aliphatic rings. The Morgan fingerprint density at radius 3 is 2.39 bits per heavy atom. The van der Waals surface area contributed by atoms with Crippen molar-refractivity contribution >= 4 is 41.4 Å². The van der Waals surface area contributed by atoms with Gasteiger partial charge in [-0.05, 0) is 35.6 Å². The molecule has 1 heterocycles. The zero-order valence-corrected chi connectivity index (χ0v) is 27.8. The van der Waals surface area contributed by atoms with E-state index in [9.17, 15) is 24.3 Å². The highest BCUT2D eigenvalue weighted by molar-refractivity contribution is 6.32. The predicted octanol–water partition coefficient (Wildman–Crippen LogP) is 4.50. The minimum absolute atomic E-state index is 0.0121. The minimum Gasteiger partial charge on any atom is -0.495 e. The molecule has 0 bridgehead atoms. The number of benzene rings is 2. The van der Waals surface area contributed by atoms with Crippen LogP contribution in [0.5, 0.6) is 5.75 Å². The number of hydrogen-bond acceptors (Lipinski definition) is 8. The fraction of sp³-hybridized carbons (Fsp3) is 0.486. The van der Waals surface area contributed by atoms with Crippen molar-refractivity contribution in [3.63, 3.8) is 0 Å². The number of aliphatic hydroxyl groups excluding tert-OH is 1. The molecule has 0 unspecified atom stereocenters. The van der Waals surface area contributed by atoms with Gasteiger partial charge >= 0.3 is 11.9 Å². The molecule has 46 heavy (non-hydrogen) atoms. The van der Waals surface area contributed by atoms with E-state index in [1.807, 2.05) is 63.3 Å². The van der Waals surface area contributed by atoms with Crippen molar-refractivity contribution in [3.8, 4) is 5.75 Å². The number of ether oxygens (including phenoxy) is 3. The molecule has 0 aromatic heterocycles. The number of esters is 2. The van der Waals surface area contributed by atoms with Crippen LogP contribution in [0.1, 0.15) is 58.1 Å². The molecule has 1 aliphatic heterocycles. The highest BCUT2D eigenvalue weighted by atomic mass is 35.5. The van der Waals surface area contributed by atoms with Crippen molar-refractivity contribution in [1.82, 2.24) is 10.6 Å². The summed E-state index contributed by atoms with van der Waals surface area (Å²) in [6.45, 7) is 7.08. The monoisotopic (exact) mass is 656 g/mol. The molecule has 250 valence electrons. The smallest absolute Gasteiger partial charge is 0.347 e. The molecule has 0 saturated carbocycles. The van der Waals surface area contributed by atoms with Crippen molar-refractivity contribution in [1.29, 1.82) is 0 Å². The van der Waals surface area contributed by atoms with Crippen molar-refractivity contribution in [3.05, 3.63) is 70.8 Å². The van der Waals surface area contributed by atoms with E-state index in [-0.39, 0.29) is 44.1 Å². The van der Waals surface area contributed by atoms with E-state index >= 15 is 0 Å². The van der Waals surface area contributed by atoms with Crippen LogP contribution in [-0.2, 0) is 35.1 Å². The number of carbonyl (C=O) groups excluding carboxylic acids is 4. The maximum absolute atomic E-state index is 13.4. The number of cyclic esters (lactones) is 2. The number of halogens is 1. The molecule has 2 amide bonds. The highest BCUT2D eigenvalue weighted by Crippen LogP contribution is 2.26. The summed E-state index contributed by atoms with van der Waals surface area (Å²) in [5, 5.41) is 16.9. The number of rotatable bonds is 10. The van der Waals surface area contributed by atoms with Crippen molar-refractivity contribution in [2.75, 3.05) is 13.7 Å². The van der Waals surface area contributed by atoms with Gasteiger partial charge in [0.1, 0.15) is 17.9 Å². The Balaban J connectivity index is 1.87. The Bertz CT molecular complexity index is 1370. The zero-order valence-electron chi connectivity index (χ0n) is 27.0. The quantitative estimate of drug-likeness (QED) is 0.318. The Labute approximate surface area is 275 Å². The van der Waals surface area contributed by atoms with E-state index in [4.69, 9.17) is 25.8 Å². The zero-order chi connectivity index (χ0) is 33.8. The van der Waals surface area contributed by atoms with E-state index < -0.39 is 54.0 Å². The molecule has 2 aromatic rings. The Hall–Kier alpha value is -3.89. The fourth-order valence-electron chi connectivity index (χ4n) is 4.93. The lowest BCUT2D eigenvalue weighted by Gasteiger charge is -2.28. The third kappa shape index (κ3) is 11.5. The predicted molar refractivity (Wildman–Crippen MR) is 175 cm³/mol. The second kappa shape index (κ2) is 17.7. The number of nitrogens with one attached hydrogen (secondary N) is 2. The number of methoxy groups -OCH3 is 1. The molecule has 11 heteroatoms. The minimum atomic E-state index is -1.21. The van der Waals surface area contributed by atoms with Crippen molar-refractivity contribution in [2.24, 2.45) is 17.8 Å². The molecule has 0 radical (unpaired) electrons. The second-order valence-corrected chi connectivity index (χ2v) is 12.6. The summed E-state index contributed by atoms with van der Waals surface area (Å²) in [6.07, 6.45) is 0.369. The van der Waals surface area contributed by atoms with Crippen molar-refractivity contribution in [2.45, 2.75) is 77.7 Å². The third-order valence-corrected chi connectivity index (χ3v) is 7.99. The molecular formula is C35H45ClN2O8. The second-order valence-electron chi connectivity index (χ2n) is 12.2. The van der Waals surface area contributed by atoms with Gasteiger partial charge in [0.25, 0.3) is 0 Å². The summed E-state index contributed by atoms with van der Waals surface area (Å²) in [7, 11) is 1.49. The maximum atomic E-state index is 13.4. The lowest BCUT2D eigenvalue weighted by Crippen LogP contribution is -2.50. The lowest BCUT2D eigenvalue weighted by molar-refractivity contribution is -0.176. The largest absolute Gasteiger partial charge is 0.495 e. The number of amides is 2. The van der Waals surface area contributed by atoms with Crippen LogP contribution in [0.25, 0.3) is 6.08 Å². The molecule has 0 aliphatic carbocycles. The molecule has 3 N–H and O–H groups in total. The van der Waals surface area contributed by atoms with Gasteiger partial charge in [0.2, 0.25) is 11.8 Å². The average Bonchev–Trinajstić information content (AvgIpc) is 3.01. The topological polar surface area (TPSA) is 140 Å². The lowest BCUT2D eigenvalue weighted by atomic mass is 9.96. The van der Waals surface area contributed by atoms with Gasteiger partial charge in [-0.3, -0.25) is 14.4 Å². The SMILES string of the molecule is COc1ccc(C[C@H]2NC(=O)C[C@@H](C[C@H](O)[C@H](C)C=Cc3ccccc3)OC(=O)[C@H](CC(C)C)OC(=O)[C@H](C)CNC2=O)cc1Cl. The highest BCUT2D eigenvalue weighted by Gasteiger charge is 2.33. The summed E-state index contributed by atoms with van der Waals surface area (Å²) in [5.74, 6) is -3.21. The summed E-state index contributed by atoms with van der Waals surface area (Å²) in [4.78, 5) is 53.1. The molecule has 10 nitrogen and oxygen atoms in total. The van der Waals surface area contributed by atoms with Crippen LogP contribution in [-0.4, -0.2) is 66.9 Å². The average molecular weight is 657 g/mol. The van der Waals surface area contributed by atoms with E-state index in [0.29, 0.717) is 16.3 Å². The van der Waals surface area contributed by atoms with Crippen LogP contribution >= 0.6 is 11.6 Å². The normalized spacial score (nSPS) is 23.1. The van der Waals surface area contributed by atoms with Gasteiger partial charge in [0.15, 0.2) is 6.10 Å². The number of carbonyl (C=O) groups is 4. The summed E-state index contributed by atoms with van der Waals surface area (Å²) in [5.41, 5.74) is 1.62. The van der Waals surface area contributed by atoms with Gasteiger partial charge < -0.3 is 30.0 Å². The first-order chi connectivity index (χ1) is 21.9. The fourth-order valence-corrected chi connectivity index (χ4v) is 5.21. The van der Waals surface area contributed by atoms with Crippen molar-refractivity contribution < 1.29 is 38.5 Å². The van der Waals surface area contributed by atoms with Gasteiger partial charge in [-0.15, -0.1) is 0 Å². The van der Waals surface area contributed by atoms with Crippen LogP contribution in [0.15, 0.2) is 54.6 Å². The first-order valence-corrected chi connectivity index (χ1v) is 16.0. The maximum Gasteiger partial charge on any atom is 0.347 e. The molecule has 6 atom stereocenters. The van der Waals surface area contributed by atoms with Gasteiger partial charge in [-0.25, -0.2) is 4.79 Å². The summed E-state index contributed by atoms with van der Waals surface area (Å²) >= 11 is 6.29. The Morgan fingerprint density at radius 1 is 1.02 bits per heavy atom. The number of hydrogen-bond donors (Lipinski definition) is 3. The van der Waals surface area contributed by atoms with Gasteiger partial charge in [-0.2, -0.15) is 0 Å². The van der Waals surface area contributed by atoms with E-state index in [2.05, 4.69) is 10.6 Å². The van der Waals surface area contributed by atoms with Gasteiger partial charge in [-0.1, -0.05) is 87.8 Å². The summed E-state index contributed by atoms with van der Waals surface area (Å²) in [6, 6.07) is 13.6.